The van der Waals surface area contributed by atoms with Crippen LogP contribution in [0.2, 0.25) is 0 Å². The van der Waals surface area contributed by atoms with E-state index in [1.807, 2.05) is 66.7 Å². The second-order valence-corrected chi connectivity index (χ2v) is 6.85. The predicted octanol–water partition coefficient (Wildman–Crippen LogP) is 4.74. The Hall–Kier alpha value is -3.99. The van der Waals surface area contributed by atoms with Crippen molar-refractivity contribution >= 4 is 17.4 Å². The zero-order valence-electron chi connectivity index (χ0n) is 16.5. The number of aromatic nitrogens is 2. The number of amides is 1. The Morgan fingerprint density at radius 2 is 1.50 bits per heavy atom. The monoisotopic (exact) mass is 394 g/mol. The summed E-state index contributed by atoms with van der Waals surface area (Å²) in [5.74, 6) is 0.588. The summed E-state index contributed by atoms with van der Waals surface area (Å²) in [6, 6.07) is 27.6. The molecule has 5 heteroatoms. The summed E-state index contributed by atoms with van der Waals surface area (Å²) < 4.78 is 0. The van der Waals surface area contributed by atoms with Crippen LogP contribution in [0.25, 0.3) is 0 Å². The number of benzene rings is 2. The van der Waals surface area contributed by atoms with Gasteiger partial charge in [-0.15, -0.1) is 0 Å². The number of hydrogen-bond acceptors (Lipinski definition) is 4. The minimum atomic E-state index is -0.136. The van der Waals surface area contributed by atoms with Crippen molar-refractivity contribution in [2.75, 3.05) is 4.90 Å². The largest absolute Gasteiger partial charge is 0.348 e. The van der Waals surface area contributed by atoms with E-state index in [-0.39, 0.29) is 5.91 Å². The Bertz CT molecular complexity index is 1090. The highest BCUT2D eigenvalue weighted by Gasteiger charge is 2.14. The van der Waals surface area contributed by atoms with Gasteiger partial charge in [-0.05, 0) is 47.5 Å². The summed E-state index contributed by atoms with van der Waals surface area (Å²) in [7, 11) is 0. The maximum absolute atomic E-state index is 12.7. The lowest BCUT2D eigenvalue weighted by Gasteiger charge is -2.24. The first-order valence-electron chi connectivity index (χ1n) is 9.79. The fourth-order valence-electron chi connectivity index (χ4n) is 3.17. The lowest BCUT2D eigenvalue weighted by atomic mass is 10.1. The van der Waals surface area contributed by atoms with Crippen LogP contribution < -0.4 is 10.2 Å². The average molecular weight is 394 g/mol. The quantitative estimate of drug-likeness (QED) is 0.492. The van der Waals surface area contributed by atoms with Gasteiger partial charge >= 0.3 is 0 Å². The molecule has 1 N–H and O–H groups in total. The van der Waals surface area contributed by atoms with Gasteiger partial charge in [0.1, 0.15) is 5.82 Å². The molecule has 0 fully saturated rings. The standard InChI is InChI=1S/C25H22N4O/c30-25(28-18-20-11-14-26-15-12-20)22-13-16-27-24(17-22)29(23-9-5-2-6-10-23)19-21-7-3-1-4-8-21/h1-17H,18-19H2,(H,28,30). The molecule has 0 radical (unpaired) electrons. The van der Waals surface area contributed by atoms with E-state index in [4.69, 9.17) is 0 Å². The van der Waals surface area contributed by atoms with Gasteiger partial charge in [-0.1, -0.05) is 48.5 Å². The topological polar surface area (TPSA) is 58.1 Å². The van der Waals surface area contributed by atoms with E-state index in [0.717, 1.165) is 22.6 Å². The molecule has 0 aliphatic carbocycles. The van der Waals surface area contributed by atoms with E-state index in [1.165, 1.54) is 0 Å². The molecule has 5 nitrogen and oxygen atoms in total. The van der Waals surface area contributed by atoms with E-state index in [2.05, 4.69) is 32.3 Å². The van der Waals surface area contributed by atoms with Gasteiger partial charge in [-0.2, -0.15) is 0 Å². The molecule has 4 aromatic rings. The summed E-state index contributed by atoms with van der Waals surface area (Å²) in [5.41, 5.74) is 3.75. The number of pyridine rings is 2. The fraction of sp³-hybridized carbons (Fsp3) is 0.0800. The van der Waals surface area contributed by atoms with E-state index in [9.17, 15) is 4.79 Å². The molecule has 2 aromatic heterocycles. The van der Waals surface area contributed by atoms with Crippen LogP contribution in [0.15, 0.2) is 104 Å². The third-order valence-corrected chi connectivity index (χ3v) is 4.74. The molecule has 0 bridgehead atoms. The normalized spacial score (nSPS) is 10.4. The van der Waals surface area contributed by atoms with Crippen molar-refractivity contribution in [3.63, 3.8) is 0 Å². The first kappa shape index (κ1) is 19.3. The lowest BCUT2D eigenvalue weighted by molar-refractivity contribution is 0.0951. The first-order valence-corrected chi connectivity index (χ1v) is 9.79. The minimum absolute atomic E-state index is 0.136. The van der Waals surface area contributed by atoms with Crippen molar-refractivity contribution < 1.29 is 4.79 Å². The zero-order valence-corrected chi connectivity index (χ0v) is 16.5. The van der Waals surface area contributed by atoms with Crippen LogP contribution in [0.5, 0.6) is 0 Å². The smallest absolute Gasteiger partial charge is 0.251 e. The summed E-state index contributed by atoms with van der Waals surface area (Å²) in [6.07, 6.45) is 5.11. The van der Waals surface area contributed by atoms with Gasteiger partial charge in [0.05, 0.1) is 0 Å². The van der Waals surface area contributed by atoms with E-state index >= 15 is 0 Å². The van der Waals surface area contributed by atoms with Gasteiger partial charge in [0, 0.05) is 42.9 Å². The van der Waals surface area contributed by atoms with Crippen LogP contribution in [0.4, 0.5) is 11.5 Å². The maximum atomic E-state index is 12.7. The fourth-order valence-corrected chi connectivity index (χ4v) is 3.17. The Morgan fingerprint density at radius 1 is 0.800 bits per heavy atom. The van der Waals surface area contributed by atoms with Gasteiger partial charge in [0.15, 0.2) is 0 Å². The summed E-state index contributed by atoms with van der Waals surface area (Å²) >= 11 is 0. The Labute approximate surface area is 176 Å². The van der Waals surface area contributed by atoms with Crippen molar-refractivity contribution in [1.29, 1.82) is 0 Å². The van der Waals surface area contributed by atoms with E-state index in [0.29, 0.717) is 18.7 Å². The second-order valence-electron chi connectivity index (χ2n) is 6.85. The molecule has 0 atom stereocenters. The number of carbonyl (C=O) groups excluding carboxylic acids is 1. The summed E-state index contributed by atoms with van der Waals surface area (Å²) in [6.45, 7) is 1.10. The van der Waals surface area contributed by atoms with Crippen LogP contribution in [-0.2, 0) is 13.1 Å². The summed E-state index contributed by atoms with van der Waals surface area (Å²) in [4.78, 5) is 23.4. The average Bonchev–Trinajstić information content (AvgIpc) is 2.83. The third kappa shape index (κ3) is 4.89. The molecular weight excluding hydrogens is 372 g/mol. The van der Waals surface area contributed by atoms with Crippen LogP contribution in [-0.4, -0.2) is 15.9 Å². The molecule has 0 spiro atoms. The number of nitrogens with one attached hydrogen (secondary N) is 1. The number of rotatable bonds is 7. The van der Waals surface area contributed by atoms with Crippen LogP contribution >= 0.6 is 0 Å². The van der Waals surface area contributed by atoms with Gasteiger partial charge in [-0.25, -0.2) is 4.98 Å². The Morgan fingerprint density at radius 3 is 2.23 bits per heavy atom. The molecule has 4 rings (SSSR count). The second kappa shape index (κ2) is 9.47. The highest BCUT2D eigenvalue weighted by molar-refractivity contribution is 5.95. The predicted molar refractivity (Wildman–Crippen MR) is 118 cm³/mol. The van der Waals surface area contributed by atoms with Crippen molar-refractivity contribution in [2.45, 2.75) is 13.1 Å². The maximum Gasteiger partial charge on any atom is 0.251 e. The highest BCUT2D eigenvalue weighted by Crippen LogP contribution is 2.26. The number of hydrogen-bond donors (Lipinski definition) is 1. The van der Waals surface area contributed by atoms with Crippen LogP contribution in [0.1, 0.15) is 21.5 Å². The third-order valence-electron chi connectivity index (χ3n) is 4.74. The Balaban J connectivity index is 1.57. The van der Waals surface area contributed by atoms with E-state index < -0.39 is 0 Å². The van der Waals surface area contributed by atoms with Gasteiger partial charge < -0.3 is 10.2 Å². The molecule has 30 heavy (non-hydrogen) atoms. The highest BCUT2D eigenvalue weighted by atomic mass is 16.1. The molecule has 1 amide bonds. The Kier molecular flexibility index (Phi) is 6.11. The molecule has 0 aliphatic rings. The molecule has 0 aliphatic heterocycles. The van der Waals surface area contributed by atoms with Crippen molar-refractivity contribution in [1.82, 2.24) is 15.3 Å². The first-order chi connectivity index (χ1) is 14.8. The van der Waals surface area contributed by atoms with E-state index in [1.54, 1.807) is 24.7 Å². The molecule has 0 saturated carbocycles. The minimum Gasteiger partial charge on any atom is -0.348 e. The molecule has 148 valence electrons. The number of para-hydroxylation sites is 1. The van der Waals surface area contributed by atoms with Crippen molar-refractivity contribution in [3.8, 4) is 0 Å². The number of nitrogens with zero attached hydrogens (tertiary/aromatic N) is 3. The number of anilines is 2. The molecule has 0 saturated heterocycles. The van der Waals surface area contributed by atoms with Crippen molar-refractivity contribution in [3.05, 3.63) is 120 Å². The molecule has 2 aromatic carbocycles. The molecule has 2 heterocycles. The lowest BCUT2D eigenvalue weighted by Crippen LogP contribution is -2.24. The molecular formula is C25H22N4O. The van der Waals surface area contributed by atoms with Gasteiger partial charge in [0.25, 0.3) is 5.91 Å². The zero-order chi connectivity index (χ0) is 20.6. The number of carbonyl (C=O) groups is 1. The van der Waals surface area contributed by atoms with Crippen LogP contribution in [0, 0.1) is 0 Å². The van der Waals surface area contributed by atoms with Gasteiger partial charge in [-0.3, -0.25) is 9.78 Å². The summed E-state index contributed by atoms with van der Waals surface area (Å²) in [5, 5.41) is 2.96. The van der Waals surface area contributed by atoms with Gasteiger partial charge in [0.2, 0.25) is 0 Å². The van der Waals surface area contributed by atoms with Crippen molar-refractivity contribution in [2.24, 2.45) is 0 Å². The molecule has 0 unspecified atom stereocenters. The SMILES string of the molecule is O=C(NCc1ccncc1)c1ccnc(N(Cc2ccccc2)c2ccccc2)c1. The van der Waals surface area contributed by atoms with Crippen LogP contribution in [0.3, 0.4) is 0 Å².